The second-order valence-electron chi connectivity index (χ2n) is 18.1. The zero-order chi connectivity index (χ0) is 54.0. The molecular formula is C64H36N8O. The van der Waals surface area contributed by atoms with Crippen molar-refractivity contribution in [2.75, 3.05) is 0 Å². The summed E-state index contributed by atoms with van der Waals surface area (Å²) in [4.78, 5) is 16.7. The van der Waals surface area contributed by atoms with Crippen molar-refractivity contribution in [1.82, 2.24) is 33.2 Å². The van der Waals surface area contributed by atoms with Crippen molar-refractivity contribution in [2.45, 2.75) is 0 Å². The predicted molar refractivity (Wildman–Crippen MR) is 295 cm³/mol. The van der Waals surface area contributed by atoms with Crippen molar-refractivity contribution < 1.29 is 14.0 Å². The number of furan rings is 1. The van der Waals surface area contributed by atoms with Crippen molar-refractivity contribution in [2.24, 2.45) is 0 Å². The molecule has 0 unspecified atom stereocenters. The number of aromatic nitrogens is 7. The van der Waals surface area contributed by atoms with E-state index in [4.69, 9.17) is 22.1 Å². The van der Waals surface area contributed by atoms with Crippen LogP contribution in [0.5, 0.6) is 0 Å². The Labute approximate surface area is 424 Å². The summed E-state index contributed by atoms with van der Waals surface area (Å²) in [6.45, 7) is 0. The Bertz CT molecular complexity index is 5270. The quantitative estimate of drug-likeness (QED) is 0.171. The van der Waals surface area contributed by atoms with E-state index in [1.54, 1.807) is 10.6 Å². The van der Waals surface area contributed by atoms with E-state index >= 15 is 0 Å². The molecule has 338 valence electrons. The van der Waals surface area contributed by atoms with Crippen molar-refractivity contribution in [3.05, 3.63) is 224 Å². The number of nitriles is 1. The molecule has 9 heteroatoms. The molecule has 0 aliphatic rings. The third-order valence-electron chi connectivity index (χ3n) is 14.3. The second-order valence-corrected chi connectivity index (χ2v) is 18.1. The molecule has 0 atom stereocenters. The first-order valence-corrected chi connectivity index (χ1v) is 23.8. The van der Waals surface area contributed by atoms with Crippen molar-refractivity contribution >= 4 is 109 Å². The Morgan fingerprint density at radius 2 is 0.904 bits per heavy atom. The molecule has 0 N–H and O–H groups in total. The summed E-state index contributed by atoms with van der Waals surface area (Å²) in [5.74, 6) is 0.672. The van der Waals surface area contributed by atoms with Gasteiger partial charge in [-0.15, -0.1) is 0 Å². The molecule has 0 aliphatic carbocycles. The van der Waals surface area contributed by atoms with Gasteiger partial charge in [-0.3, -0.25) is 9.13 Å². The van der Waals surface area contributed by atoms with Gasteiger partial charge in [0, 0.05) is 48.5 Å². The molecule has 0 radical (unpaired) electrons. The van der Waals surface area contributed by atoms with Gasteiger partial charge in [-0.2, -0.15) is 20.2 Å². The van der Waals surface area contributed by atoms with E-state index < -0.39 is 47.9 Å². The monoisotopic (exact) mass is 939 g/mol. The molecule has 6 aromatic heterocycles. The van der Waals surface area contributed by atoms with Gasteiger partial charge in [-0.25, -0.2) is 0 Å². The molecule has 16 aromatic rings. The first-order chi connectivity index (χ1) is 39.1. The van der Waals surface area contributed by atoms with Gasteiger partial charge in [0.1, 0.15) is 11.2 Å². The van der Waals surface area contributed by atoms with Crippen molar-refractivity contribution in [3.8, 4) is 40.7 Å². The lowest BCUT2D eigenvalue weighted by atomic mass is 10.1. The number of fused-ring (bicyclic) bond motifs is 16. The van der Waals surface area contributed by atoms with Crippen LogP contribution in [0.25, 0.3) is 144 Å². The molecule has 0 fully saturated rings. The maximum atomic E-state index is 10.4. The SMILES string of the molecule is [2H]c1c([2H])c([2H])c2c(c1[2H])c1c([2H])c(C#N)c([2H])c([2H])c1n2-c1cccc(-n2c3ccccc3c3ccc4oc5ccccc5c4c32)c1-c1nc(-n2c3ccccc3c3ccccc32)nc(-n2c3ccccc3c3ccccc32)n1. The van der Waals surface area contributed by atoms with E-state index in [9.17, 15) is 12.1 Å². The zero-order valence-electron chi connectivity index (χ0n) is 45.2. The highest BCUT2D eigenvalue weighted by atomic mass is 16.3. The lowest BCUT2D eigenvalue weighted by Gasteiger charge is -2.20. The maximum Gasteiger partial charge on any atom is 0.240 e. The van der Waals surface area contributed by atoms with Gasteiger partial charge < -0.3 is 13.6 Å². The van der Waals surface area contributed by atoms with Crippen LogP contribution in [0, 0.1) is 11.3 Å². The molecule has 73 heavy (non-hydrogen) atoms. The van der Waals surface area contributed by atoms with Crippen LogP contribution in [0.2, 0.25) is 0 Å². The normalized spacial score (nSPS) is 13.4. The molecule has 16 rings (SSSR count). The molecule has 0 spiro atoms. The van der Waals surface area contributed by atoms with Gasteiger partial charge in [0.05, 0.1) is 87.7 Å². The third-order valence-corrected chi connectivity index (χ3v) is 14.3. The molecule has 6 heterocycles. The number of para-hydroxylation sites is 7. The van der Waals surface area contributed by atoms with Crippen LogP contribution in [-0.4, -0.2) is 33.2 Å². The van der Waals surface area contributed by atoms with Crippen LogP contribution in [0.15, 0.2) is 223 Å². The van der Waals surface area contributed by atoms with Crippen molar-refractivity contribution in [3.63, 3.8) is 0 Å². The molecule has 0 aliphatic heterocycles. The number of benzene rings is 10. The Morgan fingerprint density at radius 1 is 0.397 bits per heavy atom. The summed E-state index contributed by atoms with van der Waals surface area (Å²) in [5.41, 5.74) is 6.91. The Hall–Kier alpha value is -10.3. The average Bonchev–Trinajstić information content (AvgIpc) is 4.44. The Balaban J connectivity index is 1.16. The van der Waals surface area contributed by atoms with Crippen molar-refractivity contribution in [1.29, 1.82) is 5.26 Å². The Kier molecular flexibility index (Phi) is 6.77. The topological polar surface area (TPSA) is 95.3 Å². The van der Waals surface area contributed by atoms with E-state index in [1.807, 2.05) is 149 Å². The number of rotatable bonds is 5. The summed E-state index contributed by atoms with van der Waals surface area (Å²) >= 11 is 0. The van der Waals surface area contributed by atoms with Crippen LogP contribution < -0.4 is 0 Å². The molecule has 10 aromatic carbocycles. The highest BCUT2D eigenvalue weighted by Gasteiger charge is 2.28. The smallest absolute Gasteiger partial charge is 0.240 e. The fourth-order valence-corrected chi connectivity index (χ4v) is 11.4. The summed E-state index contributed by atoms with van der Waals surface area (Å²) in [6.07, 6.45) is 0. The van der Waals surface area contributed by atoms with Crippen LogP contribution in [0.4, 0.5) is 0 Å². The van der Waals surface area contributed by atoms with Gasteiger partial charge in [0.15, 0.2) is 5.82 Å². The minimum atomic E-state index is -0.555. The Morgan fingerprint density at radius 3 is 1.51 bits per heavy atom. The highest BCUT2D eigenvalue weighted by Crippen LogP contribution is 2.45. The first kappa shape index (κ1) is 33.3. The van der Waals surface area contributed by atoms with E-state index in [0.29, 0.717) is 22.4 Å². The van der Waals surface area contributed by atoms with E-state index in [2.05, 4.69) is 41.0 Å². The molecule has 9 nitrogen and oxygen atoms in total. The second kappa shape index (κ2) is 14.9. The fraction of sp³-hybridized carbons (Fsp3) is 0. The maximum absolute atomic E-state index is 10.4. The lowest BCUT2D eigenvalue weighted by molar-refractivity contribution is 0.669. The van der Waals surface area contributed by atoms with Crippen LogP contribution in [0.1, 0.15) is 15.2 Å². The van der Waals surface area contributed by atoms with Gasteiger partial charge >= 0.3 is 0 Å². The van der Waals surface area contributed by atoms with Crippen LogP contribution >= 0.6 is 0 Å². The summed E-state index contributed by atoms with van der Waals surface area (Å²) in [7, 11) is 0. The average molecular weight is 940 g/mol. The minimum absolute atomic E-state index is 0.0642. The minimum Gasteiger partial charge on any atom is -0.456 e. The predicted octanol–water partition coefficient (Wildman–Crippen LogP) is 15.7. The van der Waals surface area contributed by atoms with Gasteiger partial charge in [0.25, 0.3) is 0 Å². The van der Waals surface area contributed by atoms with E-state index in [1.165, 1.54) is 0 Å². The molecule has 0 saturated heterocycles. The van der Waals surface area contributed by atoms with Gasteiger partial charge in [0.2, 0.25) is 11.9 Å². The molecule has 0 amide bonds. The summed E-state index contributed by atoms with van der Waals surface area (Å²) in [5, 5.41) is 17.8. The summed E-state index contributed by atoms with van der Waals surface area (Å²) < 4.78 is 80.2. The van der Waals surface area contributed by atoms with Gasteiger partial charge in [-0.05, 0) is 84.8 Å². The third kappa shape index (κ3) is 5.46. The van der Waals surface area contributed by atoms with Crippen LogP contribution in [0.3, 0.4) is 0 Å². The first-order valence-electron chi connectivity index (χ1n) is 27.3. The fourth-order valence-electron chi connectivity index (χ4n) is 11.4. The molecule has 0 saturated carbocycles. The highest BCUT2D eigenvalue weighted by molar-refractivity contribution is 6.25. The zero-order valence-corrected chi connectivity index (χ0v) is 38.2. The largest absolute Gasteiger partial charge is 0.456 e. The van der Waals surface area contributed by atoms with Crippen LogP contribution in [-0.2, 0) is 0 Å². The number of hydrogen-bond acceptors (Lipinski definition) is 5. The molecule has 0 bridgehead atoms. The van der Waals surface area contributed by atoms with E-state index in [-0.39, 0.29) is 45.2 Å². The molecular weight excluding hydrogens is 897 g/mol. The number of hydrogen-bond donors (Lipinski definition) is 0. The number of nitrogens with zero attached hydrogens (tertiary/aromatic N) is 8. The van der Waals surface area contributed by atoms with Gasteiger partial charge in [-0.1, -0.05) is 133 Å². The standard InChI is InChI=1S/C64H36N8O/c65-37-38-32-34-54-47(36-38)44-21-6-8-23-48(44)69(54)55-29-15-30-56(70-49-24-9-5-20-43(49)45-33-35-58-59(61(45)70)46-22-7-14-31-57(46)73-58)60(55)62-66-63(71-50-25-10-1-16-39(50)40-17-2-11-26-51(40)71)68-64(67-62)72-52-27-12-3-18-41(52)42-19-4-13-28-53(42)72/h1-36H/i6D,8D,21D,23D,32D,34D,36D. The lowest BCUT2D eigenvalue weighted by Crippen LogP contribution is -2.12. The van der Waals surface area contributed by atoms with E-state index in [0.717, 1.165) is 76.2 Å². The summed E-state index contributed by atoms with van der Waals surface area (Å²) in [6, 6.07) is 56.5.